The average molecular weight is 446 g/mol. The van der Waals surface area contributed by atoms with E-state index in [9.17, 15) is 13.7 Å². The fraction of sp³-hybridized carbons (Fsp3) is 0.0833. The van der Waals surface area contributed by atoms with Crippen LogP contribution in [0, 0.1) is 11.3 Å². The molecular weight excluding hydrogens is 428 g/mol. The quantitative estimate of drug-likeness (QED) is 0.243. The number of fused-ring (bicyclic) bond motifs is 2. The largest absolute Gasteiger partial charge is 0.495 e. The highest BCUT2D eigenvalue weighted by Crippen LogP contribution is 2.43. The normalized spacial score (nSPS) is 11.8. The molecule has 0 fully saturated rings. The zero-order valence-electron chi connectivity index (χ0n) is 17.3. The summed E-state index contributed by atoms with van der Waals surface area (Å²) < 4.78 is 41.8. The van der Waals surface area contributed by atoms with Gasteiger partial charge < -0.3 is 9.47 Å². The van der Waals surface area contributed by atoms with Gasteiger partial charge in [0.05, 0.1) is 14.2 Å². The van der Waals surface area contributed by atoms with E-state index < -0.39 is 10.1 Å². The van der Waals surface area contributed by atoms with Gasteiger partial charge in [0.2, 0.25) is 0 Å². The lowest BCUT2D eigenvalue weighted by Crippen LogP contribution is -2.06. The lowest BCUT2D eigenvalue weighted by Gasteiger charge is -2.15. The number of benzene rings is 4. The highest BCUT2D eigenvalue weighted by Gasteiger charge is 2.21. The maximum Gasteiger partial charge on any atom is 0.358 e. The van der Waals surface area contributed by atoms with Crippen LogP contribution in [0.5, 0.6) is 11.5 Å². The molecule has 0 saturated heterocycles. The summed E-state index contributed by atoms with van der Waals surface area (Å²) in [5.41, 5.74) is 0.293. The van der Waals surface area contributed by atoms with Crippen molar-refractivity contribution in [1.29, 1.82) is 5.26 Å². The summed E-state index contributed by atoms with van der Waals surface area (Å²) in [6, 6.07) is 22.3. The van der Waals surface area contributed by atoms with E-state index >= 15 is 0 Å². The second kappa shape index (κ2) is 8.57. The Morgan fingerprint density at radius 1 is 0.812 bits per heavy atom. The van der Waals surface area contributed by atoms with Crippen LogP contribution in [0.25, 0.3) is 21.5 Å². The van der Waals surface area contributed by atoms with Crippen molar-refractivity contribution in [1.82, 2.24) is 0 Å². The van der Waals surface area contributed by atoms with E-state index in [4.69, 9.17) is 13.8 Å². The zero-order chi connectivity index (χ0) is 22.7. The Kier molecular flexibility index (Phi) is 5.67. The van der Waals surface area contributed by atoms with E-state index in [0.717, 1.165) is 10.8 Å². The molecule has 0 atom stereocenters. The number of rotatable bonds is 6. The molecule has 32 heavy (non-hydrogen) atoms. The van der Waals surface area contributed by atoms with E-state index in [1.54, 1.807) is 43.5 Å². The van der Waals surface area contributed by atoms with Gasteiger partial charge >= 0.3 is 10.1 Å². The first kappa shape index (κ1) is 21.2. The van der Waals surface area contributed by atoms with Gasteiger partial charge in [-0.05, 0) is 18.2 Å². The first-order valence-corrected chi connectivity index (χ1v) is 10.9. The van der Waals surface area contributed by atoms with Gasteiger partial charge in [0.15, 0.2) is 5.71 Å². The summed E-state index contributed by atoms with van der Waals surface area (Å²) in [6.07, 6.45) is 0. The number of nitrogens with zero attached hydrogens (tertiary/aromatic N) is 2. The van der Waals surface area contributed by atoms with Crippen LogP contribution in [0.1, 0.15) is 5.56 Å². The Morgan fingerprint density at radius 2 is 1.38 bits per heavy atom. The van der Waals surface area contributed by atoms with Crippen LogP contribution in [0.2, 0.25) is 0 Å². The molecular formula is C24H18N2O5S. The molecule has 0 aromatic heterocycles. The number of hydrogen-bond acceptors (Lipinski definition) is 7. The van der Waals surface area contributed by atoms with E-state index in [0.29, 0.717) is 27.8 Å². The van der Waals surface area contributed by atoms with Crippen molar-refractivity contribution in [2.75, 3.05) is 14.2 Å². The van der Waals surface area contributed by atoms with Crippen LogP contribution in [-0.4, -0.2) is 28.3 Å². The summed E-state index contributed by atoms with van der Waals surface area (Å²) in [7, 11) is -1.22. The van der Waals surface area contributed by atoms with Gasteiger partial charge in [-0.2, -0.15) is 13.7 Å². The second-order valence-corrected chi connectivity index (χ2v) is 8.29. The molecule has 0 N–H and O–H groups in total. The summed E-state index contributed by atoms with van der Waals surface area (Å²) in [5.74, 6) is 1.12. The van der Waals surface area contributed by atoms with Crippen LogP contribution in [0.4, 0.5) is 0 Å². The van der Waals surface area contributed by atoms with Gasteiger partial charge in [0, 0.05) is 27.1 Å². The van der Waals surface area contributed by atoms with Crippen molar-refractivity contribution < 1.29 is 22.2 Å². The van der Waals surface area contributed by atoms with Crippen molar-refractivity contribution in [3.63, 3.8) is 0 Å². The van der Waals surface area contributed by atoms with E-state index in [1.165, 1.54) is 19.2 Å². The number of methoxy groups -OCH3 is 2. The van der Waals surface area contributed by atoms with Crippen LogP contribution in [0.15, 0.2) is 82.8 Å². The molecule has 0 spiro atoms. The molecule has 4 rings (SSSR count). The van der Waals surface area contributed by atoms with Gasteiger partial charge in [-0.1, -0.05) is 59.8 Å². The molecule has 0 amide bonds. The Morgan fingerprint density at radius 3 is 1.97 bits per heavy atom. The van der Waals surface area contributed by atoms with Gasteiger partial charge in [-0.3, -0.25) is 4.28 Å². The smallest absolute Gasteiger partial charge is 0.358 e. The molecule has 4 aromatic carbocycles. The standard InChI is InChI=1S/C24H18N2O5S/c1-29-23-18-10-6-7-11-19(18)24(30-2)21-14-17(12-13-20(21)23)32(27,28)31-26-22(15-25)16-8-4-3-5-9-16/h3-14H,1-2H3. The zero-order valence-corrected chi connectivity index (χ0v) is 18.1. The maximum absolute atomic E-state index is 12.8. The van der Waals surface area contributed by atoms with Gasteiger partial charge in [-0.25, -0.2) is 0 Å². The van der Waals surface area contributed by atoms with Crippen LogP contribution in [-0.2, 0) is 14.4 Å². The third kappa shape index (κ3) is 3.70. The molecule has 0 heterocycles. The summed E-state index contributed by atoms with van der Waals surface area (Å²) in [6.45, 7) is 0. The highest BCUT2D eigenvalue weighted by molar-refractivity contribution is 7.86. The summed E-state index contributed by atoms with van der Waals surface area (Å²) >= 11 is 0. The van der Waals surface area contributed by atoms with Gasteiger partial charge in [0.25, 0.3) is 0 Å². The van der Waals surface area contributed by atoms with Crippen LogP contribution >= 0.6 is 0 Å². The molecule has 0 aliphatic carbocycles. The third-order valence-electron chi connectivity index (χ3n) is 4.97. The van der Waals surface area contributed by atoms with Crippen LogP contribution in [0.3, 0.4) is 0 Å². The minimum Gasteiger partial charge on any atom is -0.495 e. The Balaban J connectivity index is 1.84. The molecule has 0 bridgehead atoms. The first-order valence-electron chi connectivity index (χ1n) is 9.53. The molecule has 0 radical (unpaired) electrons. The molecule has 8 heteroatoms. The lowest BCUT2D eigenvalue weighted by atomic mass is 10.0. The molecule has 4 aromatic rings. The molecule has 0 aliphatic heterocycles. The first-order chi connectivity index (χ1) is 15.5. The second-order valence-electron chi connectivity index (χ2n) is 6.77. The highest BCUT2D eigenvalue weighted by atomic mass is 32.2. The summed E-state index contributed by atoms with van der Waals surface area (Å²) in [5, 5.41) is 15.8. The maximum atomic E-state index is 12.8. The van der Waals surface area contributed by atoms with E-state index in [-0.39, 0.29) is 10.6 Å². The lowest BCUT2D eigenvalue weighted by molar-refractivity contribution is 0.339. The average Bonchev–Trinajstić information content (AvgIpc) is 2.83. The number of nitriles is 1. The number of oxime groups is 1. The Hall–Kier alpha value is -4.09. The Bertz CT molecular complexity index is 1490. The van der Waals surface area contributed by atoms with Gasteiger partial charge in [0.1, 0.15) is 22.5 Å². The van der Waals surface area contributed by atoms with E-state index in [1.807, 2.05) is 30.3 Å². The minimum atomic E-state index is -4.30. The predicted octanol–water partition coefficient (Wildman–Crippen LogP) is 4.64. The van der Waals surface area contributed by atoms with E-state index in [2.05, 4.69) is 5.16 Å². The van der Waals surface area contributed by atoms with Crippen molar-refractivity contribution in [3.05, 3.63) is 78.4 Å². The fourth-order valence-electron chi connectivity index (χ4n) is 3.54. The minimum absolute atomic E-state index is 0.130. The fourth-order valence-corrected chi connectivity index (χ4v) is 4.29. The molecule has 7 nitrogen and oxygen atoms in total. The topological polar surface area (TPSA) is 98.0 Å². The monoisotopic (exact) mass is 446 g/mol. The van der Waals surface area contributed by atoms with Gasteiger partial charge in [-0.15, -0.1) is 0 Å². The molecule has 0 aliphatic rings. The molecule has 0 saturated carbocycles. The number of ether oxygens (including phenoxy) is 2. The predicted molar refractivity (Wildman–Crippen MR) is 121 cm³/mol. The molecule has 160 valence electrons. The SMILES string of the molecule is COc1c2ccccc2c(OC)c2cc(S(=O)(=O)ON=C(C#N)c3ccccc3)ccc12. The summed E-state index contributed by atoms with van der Waals surface area (Å²) in [4.78, 5) is -0.130. The Labute approximate surface area is 185 Å². The van der Waals surface area contributed by atoms with Crippen LogP contribution < -0.4 is 9.47 Å². The number of hydrogen-bond donors (Lipinski definition) is 0. The third-order valence-corrected chi connectivity index (χ3v) is 6.08. The van der Waals surface area contributed by atoms with Crippen molar-refractivity contribution in [2.45, 2.75) is 4.90 Å². The molecule has 0 unspecified atom stereocenters. The van der Waals surface area contributed by atoms with Crippen molar-refractivity contribution >= 4 is 37.4 Å². The van der Waals surface area contributed by atoms with Crippen molar-refractivity contribution in [2.24, 2.45) is 5.16 Å². The van der Waals surface area contributed by atoms with Crippen molar-refractivity contribution in [3.8, 4) is 17.6 Å².